The highest BCUT2D eigenvalue weighted by molar-refractivity contribution is 7.89. The Balaban J connectivity index is 2.09. The van der Waals surface area contributed by atoms with E-state index < -0.39 is 10.0 Å². The molecule has 1 aromatic carbocycles. The molecular formula is C11H14ClNO3S. The fraction of sp³-hybridized carbons (Fsp3) is 0.455. The van der Waals surface area contributed by atoms with E-state index in [0.29, 0.717) is 5.02 Å². The molecular weight excluding hydrogens is 262 g/mol. The van der Waals surface area contributed by atoms with Crippen molar-refractivity contribution in [2.24, 2.45) is 5.41 Å². The van der Waals surface area contributed by atoms with Gasteiger partial charge in [-0.2, -0.15) is 0 Å². The number of nitrogens with one attached hydrogen (secondary N) is 1. The zero-order valence-electron chi connectivity index (χ0n) is 9.19. The number of hydrogen-bond acceptors (Lipinski definition) is 3. The summed E-state index contributed by atoms with van der Waals surface area (Å²) in [5, 5.41) is 9.50. The summed E-state index contributed by atoms with van der Waals surface area (Å²) in [4.78, 5) is 0.152. The molecule has 0 saturated heterocycles. The summed E-state index contributed by atoms with van der Waals surface area (Å²) in [7, 11) is -3.53. The van der Waals surface area contributed by atoms with E-state index in [1.165, 1.54) is 12.1 Å². The second kappa shape index (κ2) is 4.57. The number of aliphatic hydroxyl groups excluding tert-OH is 1. The number of hydrogen-bond donors (Lipinski definition) is 2. The van der Waals surface area contributed by atoms with Crippen molar-refractivity contribution in [3.8, 4) is 0 Å². The normalized spacial score (nSPS) is 18.0. The molecule has 94 valence electrons. The van der Waals surface area contributed by atoms with E-state index in [2.05, 4.69) is 4.72 Å². The molecule has 0 aliphatic heterocycles. The van der Waals surface area contributed by atoms with Gasteiger partial charge in [-0.05, 0) is 31.0 Å². The van der Waals surface area contributed by atoms with Gasteiger partial charge in [0.1, 0.15) is 0 Å². The highest BCUT2D eigenvalue weighted by Crippen LogP contribution is 2.44. The van der Waals surface area contributed by atoms with Crippen molar-refractivity contribution in [2.45, 2.75) is 17.7 Å². The summed E-state index contributed by atoms with van der Waals surface area (Å²) in [6.45, 7) is 0.295. The third kappa shape index (κ3) is 2.98. The lowest BCUT2D eigenvalue weighted by Gasteiger charge is -2.13. The van der Waals surface area contributed by atoms with Gasteiger partial charge in [0.05, 0.1) is 4.90 Å². The van der Waals surface area contributed by atoms with Crippen LogP contribution in [0.4, 0.5) is 0 Å². The Kier molecular flexibility index (Phi) is 3.45. The van der Waals surface area contributed by atoms with Crippen LogP contribution < -0.4 is 4.72 Å². The molecule has 0 spiro atoms. The van der Waals surface area contributed by atoms with Gasteiger partial charge in [-0.25, -0.2) is 13.1 Å². The zero-order valence-corrected chi connectivity index (χ0v) is 10.8. The van der Waals surface area contributed by atoms with Crippen LogP contribution in [0.5, 0.6) is 0 Å². The van der Waals surface area contributed by atoms with Crippen LogP contribution >= 0.6 is 11.6 Å². The molecule has 0 atom stereocenters. The molecule has 1 saturated carbocycles. The molecule has 0 aromatic heterocycles. The molecule has 1 aliphatic carbocycles. The second-order valence-electron chi connectivity index (χ2n) is 4.44. The minimum atomic E-state index is -3.53. The van der Waals surface area contributed by atoms with Crippen molar-refractivity contribution in [3.05, 3.63) is 29.3 Å². The summed E-state index contributed by atoms with van der Waals surface area (Å²) < 4.78 is 26.4. The van der Waals surface area contributed by atoms with Crippen molar-refractivity contribution in [3.63, 3.8) is 0 Å². The maximum atomic E-state index is 11.9. The Morgan fingerprint density at radius 2 is 2.12 bits per heavy atom. The molecule has 0 bridgehead atoms. The first-order chi connectivity index (χ1) is 7.97. The second-order valence-corrected chi connectivity index (χ2v) is 6.64. The number of sulfonamides is 1. The van der Waals surface area contributed by atoms with Crippen molar-refractivity contribution >= 4 is 21.6 Å². The van der Waals surface area contributed by atoms with Gasteiger partial charge in [-0.15, -0.1) is 0 Å². The van der Waals surface area contributed by atoms with Crippen LogP contribution in [0.25, 0.3) is 0 Å². The first kappa shape index (κ1) is 12.8. The molecule has 4 nitrogen and oxygen atoms in total. The topological polar surface area (TPSA) is 66.4 Å². The van der Waals surface area contributed by atoms with E-state index in [9.17, 15) is 8.42 Å². The lowest BCUT2D eigenvalue weighted by Crippen LogP contribution is -2.31. The SMILES string of the molecule is O=S(=O)(NCC1(CO)CC1)c1cccc(Cl)c1. The van der Waals surface area contributed by atoms with Gasteiger partial charge in [0, 0.05) is 23.6 Å². The van der Waals surface area contributed by atoms with E-state index >= 15 is 0 Å². The van der Waals surface area contributed by atoms with Crippen molar-refractivity contribution < 1.29 is 13.5 Å². The molecule has 0 heterocycles. The molecule has 0 unspecified atom stereocenters. The fourth-order valence-corrected chi connectivity index (χ4v) is 2.99. The molecule has 17 heavy (non-hydrogen) atoms. The Bertz CT molecular complexity index is 511. The van der Waals surface area contributed by atoms with Crippen molar-refractivity contribution in [1.82, 2.24) is 4.72 Å². The van der Waals surface area contributed by atoms with Gasteiger partial charge in [0.25, 0.3) is 0 Å². The van der Waals surface area contributed by atoms with Gasteiger partial charge >= 0.3 is 0 Å². The summed E-state index contributed by atoms with van der Waals surface area (Å²) in [5.41, 5.74) is -0.244. The lowest BCUT2D eigenvalue weighted by molar-refractivity contribution is 0.213. The van der Waals surface area contributed by atoms with E-state index in [4.69, 9.17) is 16.7 Å². The van der Waals surface area contributed by atoms with Crippen LogP contribution in [0.3, 0.4) is 0 Å². The van der Waals surface area contributed by atoms with Gasteiger partial charge in [0.2, 0.25) is 10.0 Å². The number of aliphatic hydroxyl groups is 1. The minimum Gasteiger partial charge on any atom is -0.396 e. The van der Waals surface area contributed by atoms with Crippen molar-refractivity contribution in [1.29, 1.82) is 0 Å². The van der Waals surface area contributed by atoms with Gasteiger partial charge in [-0.1, -0.05) is 17.7 Å². The van der Waals surface area contributed by atoms with Gasteiger partial charge < -0.3 is 5.11 Å². The first-order valence-corrected chi connectivity index (χ1v) is 7.20. The van der Waals surface area contributed by atoms with Gasteiger partial charge in [0.15, 0.2) is 0 Å². The third-order valence-corrected chi connectivity index (χ3v) is 4.67. The van der Waals surface area contributed by atoms with E-state index in [1.807, 2.05) is 0 Å². The zero-order chi connectivity index (χ0) is 12.5. The van der Waals surface area contributed by atoms with E-state index in [-0.39, 0.29) is 23.5 Å². The quantitative estimate of drug-likeness (QED) is 0.853. The van der Waals surface area contributed by atoms with E-state index in [1.54, 1.807) is 12.1 Å². The number of halogens is 1. The highest BCUT2D eigenvalue weighted by Gasteiger charge is 2.42. The largest absolute Gasteiger partial charge is 0.396 e. The van der Waals surface area contributed by atoms with Crippen LogP contribution in [-0.2, 0) is 10.0 Å². The molecule has 0 amide bonds. The maximum absolute atomic E-state index is 11.9. The maximum Gasteiger partial charge on any atom is 0.240 e. The molecule has 2 N–H and O–H groups in total. The molecule has 1 aliphatic rings. The summed E-state index contributed by atoms with van der Waals surface area (Å²) in [5.74, 6) is 0. The van der Waals surface area contributed by atoms with Crippen LogP contribution in [0, 0.1) is 5.41 Å². The summed E-state index contributed by atoms with van der Waals surface area (Å²) in [6, 6.07) is 6.11. The predicted molar refractivity (Wildman–Crippen MR) is 65.4 cm³/mol. The predicted octanol–water partition coefficient (Wildman–Crippen LogP) is 1.39. The van der Waals surface area contributed by atoms with Crippen LogP contribution in [0.1, 0.15) is 12.8 Å². The number of rotatable bonds is 5. The van der Waals surface area contributed by atoms with Crippen LogP contribution in [0.2, 0.25) is 5.02 Å². The average Bonchev–Trinajstić information content (AvgIpc) is 3.07. The minimum absolute atomic E-state index is 0.0189. The summed E-state index contributed by atoms with van der Waals surface area (Å²) >= 11 is 5.75. The average molecular weight is 276 g/mol. The number of benzene rings is 1. The Hall–Kier alpha value is -0.620. The Morgan fingerprint density at radius 1 is 1.41 bits per heavy atom. The fourth-order valence-electron chi connectivity index (χ4n) is 1.53. The lowest BCUT2D eigenvalue weighted by atomic mass is 10.1. The van der Waals surface area contributed by atoms with Crippen LogP contribution in [-0.4, -0.2) is 26.7 Å². The Labute approximate surface area is 106 Å². The van der Waals surface area contributed by atoms with Crippen LogP contribution in [0.15, 0.2) is 29.2 Å². The Morgan fingerprint density at radius 3 is 2.65 bits per heavy atom. The van der Waals surface area contributed by atoms with Gasteiger partial charge in [-0.3, -0.25) is 0 Å². The van der Waals surface area contributed by atoms with Crippen molar-refractivity contribution in [2.75, 3.05) is 13.2 Å². The molecule has 1 aromatic rings. The monoisotopic (exact) mass is 275 g/mol. The highest BCUT2D eigenvalue weighted by atomic mass is 35.5. The summed E-state index contributed by atoms with van der Waals surface area (Å²) in [6.07, 6.45) is 1.73. The third-order valence-electron chi connectivity index (χ3n) is 3.04. The molecule has 6 heteroatoms. The smallest absolute Gasteiger partial charge is 0.240 e. The first-order valence-electron chi connectivity index (χ1n) is 5.34. The molecule has 1 fully saturated rings. The standard InChI is InChI=1S/C11H14ClNO3S/c12-9-2-1-3-10(6-9)17(15,16)13-7-11(8-14)4-5-11/h1-3,6,13-14H,4-5,7-8H2. The molecule has 2 rings (SSSR count). The molecule has 0 radical (unpaired) electrons. The van der Waals surface area contributed by atoms with E-state index in [0.717, 1.165) is 12.8 Å².